The maximum atomic E-state index is 4.39. The highest BCUT2D eigenvalue weighted by molar-refractivity contribution is 9.09. The van der Waals surface area contributed by atoms with Crippen molar-refractivity contribution in [2.24, 2.45) is 0 Å². The molecule has 0 N–H and O–H groups in total. The second-order valence-corrected chi connectivity index (χ2v) is 4.27. The van der Waals surface area contributed by atoms with Gasteiger partial charge in [0, 0.05) is 16.6 Å². The van der Waals surface area contributed by atoms with Crippen molar-refractivity contribution >= 4 is 27.3 Å². The molecule has 0 spiro atoms. The fourth-order valence-corrected chi connectivity index (χ4v) is 2.30. The first kappa shape index (κ1) is 8.21. The van der Waals surface area contributed by atoms with Gasteiger partial charge in [-0.3, -0.25) is 0 Å². The van der Waals surface area contributed by atoms with Crippen LogP contribution in [-0.4, -0.2) is 10.3 Å². The van der Waals surface area contributed by atoms with Crippen LogP contribution in [-0.2, 0) is 6.42 Å². The summed E-state index contributed by atoms with van der Waals surface area (Å²) in [6.07, 6.45) is 1.05. The summed E-state index contributed by atoms with van der Waals surface area (Å²) in [6, 6.07) is 0. The van der Waals surface area contributed by atoms with Crippen molar-refractivity contribution in [1.29, 1.82) is 0 Å². The fourth-order valence-electron chi connectivity index (χ4n) is 0.727. The number of hydrogen-bond donors (Lipinski definition) is 0. The summed E-state index contributed by atoms with van der Waals surface area (Å²) in [6.45, 7) is 4.17. The number of alkyl halides is 1. The van der Waals surface area contributed by atoms with Crippen molar-refractivity contribution in [3.63, 3.8) is 0 Å². The molecule has 0 amide bonds. The summed E-state index contributed by atoms with van der Waals surface area (Å²) in [4.78, 5) is 5.73. The van der Waals surface area contributed by atoms with E-state index in [0.29, 0.717) is 0 Å². The zero-order valence-electron chi connectivity index (χ0n) is 6.15. The van der Waals surface area contributed by atoms with Crippen LogP contribution in [0.4, 0.5) is 0 Å². The van der Waals surface area contributed by atoms with Gasteiger partial charge in [0.2, 0.25) is 0 Å². The van der Waals surface area contributed by atoms with Crippen molar-refractivity contribution in [2.45, 2.75) is 20.3 Å². The second kappa shape index (κ2) is 3.49. The monoisotopic (exact) mass is 219 g/mol. The van der Waals surface area contributed by atoms with Crippen LogP contribution in [0.3, 0.4) is 0 Å². The van der Waals surface area contributed by atoms with Gasteiger partial charge in [-0.05, 0) is 13.8 Å². The summed E-state index contributed by atoms with van der Waals surface area (Å²) in [5.74, 6) is 0. The molecular formula is C7H10BrNS. The highest BCUT2D eigenvalue weighted by atomic mass is 79.9. The van der Waals surface area contributed by atoms with E-state index >= 15 is 0 Å². The molecule has 56 valence electrons. The van der Waals surface area contributed by atoms with Crippen molar-refractivity contribution in [2.75, 3.05) is 5.33 Å². The van der Waals surface area contributed by atoms with Gasteiger partial charge < -0.3 is 0 Å². The summed E-state index contributed by atoms with van der Waals surface area (Å²) >= 11 is 5.18. The molecular weight excluding hydrogens is 210 g/mol. The number of aryl methyl sites for hydroxylation is 3. The van der Waals surface area contributed by atoms with Gasteiger partial charge in [-0.1, -0.05) is 15.9 Å². The van der Waals surface area contributed by atoms with E-state index in [9.17, 15) is 0 Å². The lowest BCUT2D eigenvalue weighted by atomic mass is 10.4. The maximum absolute atomic E-state index is 4.39. The number of rotatable bonds is 2. The minimum Gasteiger partial charge on any atom is -0.246 e. The molecule has 1 heterocycles. The highest BCUT2D eigenvalue weighted by Crippen LogP contribution is 2.16. The van der Waals surface area contributed by atoms with Crippen LogP contribution < -0.4 is 0 Å². The largest absolute Gasteiger partial charge is 0.246 e. The van der Waals surface area contributed by atoms with Gasteiger partial charge in [-0.25, -0.2) is 4.98 Å². The number of halogens is 1. The summed E-state index contributed by atoms with van der Waals surface area (Å²) in [7, 11) is 0. The van der Waals surface area contributed by atoms with Gasteiger partial charge in [0.15, 0.2) is 0 Å². The van der Waals surface area contributed by atoms with Crippen LogP contribution in [0.1, 0.15) is 15.6 Å². The molecule has 1 nitrogen and oxygen atoms in total. The van der Waals surface area contributed by atoms with E-state index in [-0.39, 0.29) is 0 Å². The topological polar surface area (TPSA) is 12.9 Å². The highest BCUT2D eigenvalue weighted by Gasteiger charge is 2.00. The van der Waals surface area contributed by atoms with E-state index in [2.05, 4.69) is 34.8 Å². The number of nitrogens with zero attached hydrogens (tertiary/aromatic N) is 1. The average Bonchev–Trinajstić information content (AvgIpc) is 2.14. The van der Waals surface area contributed by atoms with Crippen LogP contribution in [0.25, 0.3) is 0 Å². The van der Waals surface area contributed by atoms with E-state index in [1.807, 2.05) is 0 Å². The van der Waals surface area contributed by atoms with Gasteiger partial charge in [0.25, 0.3) is 0 Å². The predicted octanol–water partition coefficient (Wildman–Crippen LogP) is 2.70. The molecule has 0 atom stereocenters. The van der Waals surface area contributed by atoms with Crippen molar-refractivity contribution in [1.82, 2.24) is 4.98 Å². The lowest BCUT2D eigenvalue weighted by molar-refractivity contribution is 1.08. The third kappa shape index (κ3) is 1.80. The molecule has 0 saturated carbocycles. The molecule has 0 radical (unpaired) electrons. The van der Waals surface area contributed by atoms with E-state index in [1.165, 1.54) is 15.6 Å². The van der Waals surface area contributed by atoms with Crippen molar-refractivity contribution in [3.05, 3.63) is 15.6 Å². The fraction of sp³-hybridized carbons (Fsp3) is 0.571. The minimum atomic E-state index is 1.01. The second-order valence-electron chi connectivity index (χ2n) is 2.19. The minimum absolute atomic E-state index is 1.01. The van der Waals surface area contributed by atoms with Gasteiger partial charge in [-0.15, -0.1) is 11.3 Å². The third-order valence-electron chi connectivity index (χ3n) is 1.38. The van der Waals surface area contributed by atoms with Crippen LogP contribution in [0.2, 0.25) is 0 Å². The van der Waals surface area contributed by atoms with Gasteiger partial charge in [-0.2, -0.15) is 0 Å². The van der Waals surface area contributed by atoms with E-state index in [0.717, 1.165) is 11.8 Å². The Bertz CT molecular complexity index is 200. The zero-order valence-corrected chi connectivity index (χ0v) is 8.55. The molecule has 1 aromatic heterocycles. The molecule has 3 heteroatoms. The summed E-state index contributed by atoms with van der Waals surface area (Å²) < 4.78 is 0. The Morgan fingerprint density at radius 1 is 1.50 bits per heavy atom. The van der Waals surface area contributed by atoms with Crippen molar-refractivity contribution in [3.8, 4) is 0 Å². The Morgan fingerprint density at radius 2 is 2.20 bits per heavy atom. The van der Waals surface area contributed by atoms with E-state index in [4.69, 9.17) is 0 Å². The number of aromatic nitrogens is 1. The first-order valence-corrected chi connectivity index (χ1v) is 5.16. The Hall–Kier alpha value is 0.110. The molecule has 0 aliphatic heterocycles. The Balaban J connectivity index is 2.77. The van der Waals surface area contributed by atoms with E-state index in [1.54, 1.807) is 11.3 Å². The van der Waals surface area contributed by atoms with Crippen LogP contribution in [0.15, 0.2) is 0 Å². The predicted molar refractivity (Wildman–Crippen MR) is 49.1 cm³/mol. The average molecular weight is 220 g/mol. The lowest BCUT2D eigenvalue weighted by Gasteiger charge is -1.84. The molecule has 10 heavy (non-hydrogen) atoms. The molecule has 1 rings (SSSR count). The molecule has 0 bridgehead atoms. The first-order chi connectivity index (χ1) is 4.74. The maximum Gasteiger partial charge on any atom is 0.0939 e. The third-order valence-corrected chi connectivity index (χ3v) is 2.91. The number of thiazole rings is 1. The Labute approximate surface area is 73.6 Å². The van der Waals surface area contributed by atoms with Gasteiger partial charge >= 0.3 is 0 Å². The molecule has 0 unspecified atom stereocenters. The first-order valence-electron chi connectivity index (χ1n) is 3.23. The summed E-state index contributed by atoms with van der Waals surface area (Å²) in [5.41, 5.74) is 1.18. The SMILES string of the molecule is Cc1nc(CCBr)sc1C. The molecule has 0 saturated heterocycles. The zero-order chi connectivity index (χ0) is 7.56. The van der Waals surface area contributed by atoms with E-state index < -0.39 is 0 Å². The number of hydrogen-bond acceptors (Lipinski definition) is 2. The van der Waals surface area contributed by atoms with Crippen LogP contribution in [0.5, 0.6) is 0 Å². The molecule has 0 fully saturated rings. The molecule has 0 aliphatic rings. The smallest absolute Gasteiger partial charge is 0.0939 e. The standard InChI is InChI=1S/C7H10BrNS/c1-5-6(2)10-7(9-5)3-4-8/h3-4H2,1-2H3. The molecule has 0 aliphatic carbocycles. The normalized spacial score (nSPS) is 10.3. The molecule has 0 aromatic carbocycles. The van der Waals surface area contributed by atoms with Crippen molar-refractivity contribution < 1.29 is 0 Å². The lowest BCUT2D eigenvalue weighted by Crippen LogP contribution is -1.82. The van der Waals surface area contributed by atoms with Crippen LogP contribution in [0, 0.1) is 13.8 Å². The van der Waals surface area contributed by atoms with Gasteiger partial charge in [0.05, 0.1) is 10.7 Å². The molecule has 1 aromatic rings. The van der Waals surface area contributed by atoms with Gasteiger partial charge in [0.1, 0.15) is 0 Å². The Kier molecular flexibility index (Phi) is 2.86. The quantitative estimate of drug-likeness (QED) is 0.698. The Morgan fingerprint density at radius 3 is 2.60 bits per heavy atom. The van der Waals surface area contributed by atoms with Crippen LogP contribution >= 0.6 is 27.3 Å². The summed E-state index contributed by atoms with van der Waals surface area (Å²) in [5, 5.41) is 2.26.